The largest absolute Gasteiger partial charge is 0.325 e. The molecule has 2 nitrogen and oxygen atoms in total. The van der Waals surface area contributed by atoms with Gasteiger partial charge in [-0.05, 0) is 23.6 Å². The Kier molecular flexibility index (Phi) is 4.22. The van der Waals surface area contributed by atoms with Gasteiger partial charge < -0.3 is 5.32 Å². The molecule has 0 aromatic heterocycles. The average molecular weight is 260 g/mol. The van der Waals surface area contributed by atoms with Crippen LogP contribution in [0.4, 0.5) is 5.69 Å². The Morgan fingerprint density at radius 2 is 1.94 bits per heavy atom. The van der Waals surface area contributed by atoms with E-state index in [1.807, 2.05) is 20.8 Å². The first kappa shape index (κ1) is 13.3. The van der Waals surface area contributed by atoms with Crippen molar-refractivity contribution in [2.75, 3.05) is 5.32 Å². The van der Waals surface area contributed by atoms with Crippen LogP contribution >= 0.6 is 23.2 Å². The van der Waals surface area contributed by atoms with Crippen molar-refractivity contribution in [2.45, 2.75) is 27.2 Å². The molecule has 1 rings (SSSR count). The van der Waals surface area contributed by atoms with E-state index in [2.05, 4.69) is 5.32 Å². The third-order valence-electron chi connectivity index (χ3n) is 1.90. The molecule has 0 aliphatic heterocycles. The summed E-state index contributed by atoms with van der Waals surface area (Å²) in [6.45, 7) is 6.03. The van der Waals surface area contributed by atoms with Gasteiger partial charge in [0.05, 0.1) is 10.7 Å². The topological polar surface area (TPSA) is 29.1 Å². The molecule has 0 unspecified atom stereocenters. The molecule has 0 atom stereocenters. The molecule has 1 N–H and O–H groups in total. The summed E-state index contributed by atoms with van der Waals surface area (Å²) in [5, 5.41) is 3.77. The highest BCUT2D eigenvalue weighted by Crippen LogP contribution is 2.26. The molecule has 0 aliphatic rings. The van der Waals surface area contributed by atoms with E-state index in [0.29, 0.717) is 22.2 Å². The molecule has 0 spiro atoms. The van der Waals surface area contributed by atoms with E-state index in [1.54, 1.807) is 18.2 Å². The number of hydrogen-bond donors (Lipinski definition) is 1. The highest BCUT2D eigenvalue weighted by Gasteiger charge is 2.16. The maximum Gasteiger partial charge on any atom is 0.224 e. The molecule has 0 heterocycles. The normalized spacial score (nSPS) is 11.3. The van der Waals surface area contributed by atoms with Crippen LogP contribution in [0.3, 0.4) is 0 Å². The van der Waals surface area contributed by atoms with Crippen LogP contribution < -0.4 is 5.32 Å². The van der Waals surface area contributed by atoms with Gasteiger partial charge in [0.2, 0.25) is 5.91 Å². The zero-order valence-electron chi connectivity index (χ0n) is 9.60. The van der Waals surface area contributed by atoms with Gasteiger partial charge in [-0.1, -0.05) is 44.0 Å². The van der Waals surface area contributed by atoms with Gasteiger partial charge in [0.1, 0.15) is 0 Å². The van der Waals surface area contributed by atoms with Crippen molar-refractivity contribution in [3.8, 4) is 0 Å². The molecule has 1 aromatic rings. The average Bonchev–Trinajstić information content (AvgIpc) is 2.06. The highest BCUT2D eigenvalue weighted by molar-refractivity contribution is 6.36. The van der Waals surface area contributed by atoms with Crippen LogP contribution in [0.25, 0.3) is 0 Å². The fraction of sp³-hybridized carbons (Fsp3) is 0.417. The number of carbonyl (C=O) groups excluding carboxylic acids is 1. The summed E-state index contributed by atoms with van der Waals surface area (Å²) in [6, 6.07) is 5.00. The zero-order valence-corrected chi connectivity index (χ0v) is 11.1. The van der Waals surface area contributed by atoms with Crippen molar-refractivity contribution >= 4 is 34.8 Å². The van der Waals surface area contributed by atoms with Gasteiger partial charge in [-0.3, -0.25) is 4.79 Å². The van der Waals surface area contributed by atoms with Gasteiger partial charge in [0.15, 0.2) is 0 Å². The van der Waals surface area contributed by atoms with E-state index in [-0.39, 0.29) is 11.3 Å². The summed E-state index contributed by atoms with van der Waals surface area (Å²) in [4.78, 5) is 11.7. The lowest BCUT2D eigenvalue weighted by Gasteiger charge is -2.17. The first-order valence-electron chi connectivity index (χ1n) is 5.03. The van der Waals surface area contributed by atoms with Crippen LogP contribution in [0.15, 0.2) is 18.2 Å². The van der Waals surface area contributed by atoms with Crippen LogP contribution in [0.1, 0.15) is 27.2 Å². The first-order chi connectivity index (χ1) is 7.28. The van der Waals surface area contributed by atoms with E-state index < -0.39 is 0 Å². The van der Waals surface area contributed by atoms with Crippen LogP contribution in [0.2, 0.25) is 10.0 Å². The molecule has 1 aromatic carbocycles. The van der Waals surface area contributed by atoms with E-state index in [9.17, 15) is 4.79 Å². The fourth-order valence-corrected chi connectivity index (χ4v) is 1.72. The monoisotopic (exact) mass is 259 g/mol. The predicted octanol–water partition coefficient (Wildman–Crippen LogP) is 4.37. The van der Waals surface area contributed by atoms with Gasteiger partial charge >= 0.3 is 0 Å². The standard InChI is InChI=1S/C12H15Cl2NO/c1-12(2,3)7-11(16)15-10-5-4-8(13)6-9(10)14/h4-6H,7H2,1-3H3,(H,15,16). The van der Waals surface area contributed by atoms with Crippen LogP contribution in [-0.4, -0.2) is 5.91 Å². The minimum atomic E-state index is -0.0447. The summed E-state index contributed by atoms with van der Waals surface area (Å²) in [6.07, 6.45) is 0.450. The third-order valence-corrected chi connectivity index (χ3v) is 2.44. The van der Waals surface area contributed by atoms with Gasteiger partial charge in [0, 0.05) is 11.4 Å². The van der Waals surface area contributed by atoms with Crippen molar-refractivity contribution in [1.82, 2.24) is 0 Å². The molecule has 88 valence electrons. The number of hydrogen-bond acceptors (Lipinski definition) is 1. The molecule has 0 saturated carbocycles. The summed E-state index contributed by atoms with van der Waals surface area (Å²) < 4.78 is 0. The number of halogens is 2. The van der Waals surface area contributed by atoms with Gasteiger partial charge in [-0.15, -0.1) is 0 Å². The number of benzene rings is 1. The van der Waals surface area contributed by atoms with Crippen LogP contribution in [0, 0.1) is 5.41 Å². The maximum atomic E-state index is 11.7. The first-order valence-corrected chi connectivity index (χ1v) is 5.78. The second kappa shape index (κ2) is 5.07. The van der Waals surface area contributed by atoms with Crippen molar-refractivity contribution in [3.63, 3.8) is 0 Å². The second-order valence-electron chi connectivity index (χ2n) is 4.91. The van der Waals surface area contributed by atoms with Crippen molar-refractivity contribution in [1.29, 1.82) is 0 Å². The number of anilines is 1. The smallest absolute Gasteiger partial charge is 0.224 e. The molecular formula is C12H15Cl2NO. The molecule has 0 saturated heterocycles. The lowest BCUT2D eigenvalue weighted by molar-refractivity contribution is -0.117. The second-order valence-corrected chi connectivity index (χ2v) is 5.75. The van der Waals surface area contributed by atoms with E-state index in [4.69, 9.17) is 23.2 Å². The number of nitrogens with one attached hydrogen (secondary N) is 1. The predicted molar refractivity (Wildman–Crippen MR) is 69.2 cm³/mol. The summed E-state index contributed by atoms with van der Waals surface area (Å²) in [7, 11) is 0. The summed E-state index contributed by atoms with van der Waals surface area (Å²) >= 11 is 11.7. The lowest BCUT2D eigenvalue weighted by atomic mass is 9.92. The fourth-order valence-electron chi connectivity index (χ4n) is 1.27. The summed E-state index contributed by atoms with van der Waals surface area (Å²) in [5.74, 6) is -0.0447. The SMILES string of the molecule is CC(C)(C)CC(=O)Nc1ccc(Cl)cc1Cl. The molecular weight excluding hydrogens is 245 g/mol. The third kappa shape index (κ3) is 4.42. The van der Waals surface area contributed by atoms with Crippen molar-refractivity contribution in [3.05, 3.63) is 28.2 Å². The molecule has 0 aliphatic carbocycles. The van der Waals surface area contributed by atoms with Crippen molar-refractivity contribution in [2.24, 2.45) is 5.41 Å². The minimum Gasteiger partial charge on any atom is -0.325 e. The highest BCUT2D eigenvalue weighted by atomic mass is 35.5. The zero-order chi connectivity index (χ0) is 12.3. The van der Waals surface area contributed by atoms with Gasteiger partial charge in [0.25, 0.3) is 0 Å². The van der Waals surface area contributed by atoms with E-state index in [0.717, 1.165) is 0 Å². The minimum absolute atomic E-state index is 0.0387. The Bertz CT molecular complexity index is 396. The van der Waals surface area contributed by atoms with E-state index >= 15 is 0 Å². The summed E-state index contributed by atoms with van der Waals surface area (Å²) in [5.41, 5.74) is 0.559. The molecule has 4 heteroatoms. The molecule has 16 heavy (non-hydrogen) atoms. The Morgan fingerprint density at radius 3 is 2.44 bits per heavy atom. The van der Waals surface area contributed by atoms with Gasteiger partial charge in [-0.2, -0.15) is 0 Å². The van der Waals surface area contributed by atoms with Gasteiger partial charge in [-0.25, -0.2) is 0 Å². The van der Waals surface area contributed by atoms with E-state index in [1.165, 1.54) is 0 Å². The Morgan fingerprint density at radius 1 is 1.31 bits per heavy atom. The maximum absolute atomic E-state index is 11.7. The molecule has 0 radical (unpaired) electrons. The lowest BCUT2D eigenvalue weighted by Crippen LogP contribution is -2.19. The number of amides is 1. The quantitative estimate of drug-likeness (QED) is 0.840. The number of carbonyl (C=O) groups is 1. The Hall–Kier alpha value is -0.730. The Labute approximate surface area is 106 Å². The Balaban J connectivity index is 2.70. The molecule has 0 fully saturated rings. The number of rotatable bonds is 2. The van der Waals surface area contributed by atoms with Crippen LogP contribution in [-0.2, 0) is 4.79 Å². The molecule has 0 bridgehead atoms. The molecule has 1 amide bonds. The van der Waals surface area contributed by atoms with Crippen LogP contribution in [0.5, 0.6) is 0 Å². The van der Waals surface area contributed by atoms with Crippen molar-refractivity contribution < 1.29 is 4.79 Å².